The Morgan fingerprint density at radius 3 is 2.60 bits per heavy atom. The minimum Gasteiger partial charge on any atom is -0.299 e. The van der Waals surface area contributed by atoms with Crippen molar-refractivity contribution in [3.8, 4) is 0 Å². The molecule has 2 amide bonds. The largest absolute Gasteiger partial charge is 0.299 e. The highest BCUT2D eigenvalue weighted by atomic mass is 35.5. The second kappa shape index (κ2) is 9.70. The molecule has 1 heterocycles. The maximum Gasteiger partial charge on any atom is 0.269 e. The van der Waals surface area contributed by atoms with Gasteiger partial charge in [0.1, 0.15) is 4.32 Å². The number of hydrazine groups is 1. The maximum absolute atomic E-state index is 12.6. The van der Waals surface area contributed by atoms with Crippen molar-refractivity contribution in [3.05, 3.63) is 74.1 Å². The Morgan fingerprint density at radius 1 is 1.23 bits per heavy atom. The molecule has 0 radical (unpaired) electrons. The van der Waals surface area contributed by atoms with Gasteiger partial charge in [-0.3, -0.25) is 35.5 Å². The minimum absolute atomic E-state index is 0.0196. The number of carbonyl (C=O) groups is 2. The number of hydrogen-bond acceptors (Lipinski definition) is 7. The van der Waals surface area contributed by atoms with E-state index in [0.29, 0.717) is 25.5 Å². The molecule has 11 heteroatoms. The summed E-state index contributed by atoms with van der Waals surface area (Å²) in [6.45, 7) is 0.123. The number of rotatable bonds is 7. The lowest BCUT2D eigenvalue weighted by Gasteiger charge is -2.14. The van der Waals surface area contributed by atoms with Crippen molar-refractivity contribution < 1.29 is 14.5 Å². The molecule has 1 fully saturated rings. The van der Waals surface area contributed by atoms with Gasteiger partial charge in [0.15, 0.2) is 0 Å². The molecule has 1 aliphatic heterocycles. The predicted octanol–water partition coefficient (Wildman–Crippen LogP) is 3.98. The van der Waals surface area contributed by atoms with E-state index in [0.717, 1.165) is 11.8 Å². The van der Waals surface area contributed by atoms with Crippen molar-refractivity contribution in [1.82, 2.24) is 10.3 Å². The standard InChI is InChI=1S/C19H15ClN4O4S2/c20-15-4-2-1-3-12(15)11-16-18(26)23(19(29)30-16)10-9-17(25)22-21-13-5-7-14(8-6-13)24(27)28/h1-8,11,21H,9-10H2,(H,22,25)/b16-11+. The lowest BCUT2D eigenvalue weighted by Crippen LogP contribution is -2.35. The molecule has 1 saturated heterocycles. The molecule has 1 aliphatic rings. The number of thiocarbonyl (C=S) groups is 1. The average molecular weight is 463 g/mol. The molecule has 2 aromatic carbocycles. The summed E-state index contributed by atoms with van der Waals surface area (Å²) in [5.74, 6) is -0.640. The second-order valence-corrected chi connectivity index (χ2v) is 8.16. The fourth-order valence-electron chi connectivity index (χ4n) is 2.51. The number of hydrogen-bond donors (Lipinski definition) is 2. The van der Waals surface area contributed by atoms with E-state index >= 15 is 0 Å². The molecule has 0 spiro atoms. The molecular formula is C19H15ClN4O4S2. The first-order chi connectivity index (χ1) is 14.3. The van der Waals surface area contributed by atoms with Crippen LogP contribution >= 0.6 is 35.6 Å². The third-order valence-corrected chi connectivity index (χ3v) is 5.77. The summed E-state index contributed by atoms with van der Waals surface area (Å²) in [4.78, 5) is 36.6. The van der Waals surface area contributed by atoms with Crippen molar-refractivity contribution >= 4 is 69.2 Å². The van der Waals surface area contributed by atoms with E-state index < -0.39 is 4.92 Å². The number of carbonyl (C=O) groups excluding carboxylic acids is 2. The quantitative estimate of drug-likeness (QED) is 0.277. The van der Waals surface area contributed by atoms with Gasteiger partial charge in [0, 0.05) is 30.1 Å². The molecule has 0 aromatic heterocycles. The number of non-ortho nitro benzene ring substituents is 1. The van der Waals surface area contributed by atoms with Crippen LogP contribution in [0.15, 0.2) is 53.4 Å². The highest BCUT2D eigenvalue weighted by molar-refractivity contribution is 8.26. The van der Waals surface area contributed by atoms with Gasteiger partial charge >= 0.3 is 0 Å². The molecule has 0 bridgehead atoms. The Morgan fingerprint density at radius 2 is 1.93 bits per heavy atom. The van der Waals surface area contributed by atoms with E-state index in [2.05, 4.69) is 10.9 Å². The van der Waals surface area contributed by atoms with Crippen molar-refractivity contribution in [1.29, 1.82) is 0 Å². The van der Waals surface area contributed by atoms with Gasteiger partial charge in [-0.25, -0.2) is 0 Å². The molecule has 30 heavy (non-hydrogen) atoms. The zero-order valence-electron chi connectivity index (χ0n) is 15.3. The van der Waals surface area contributed by atoms with Crippen LogP contribution in [0, 0.1) is 10.1 Å². The lowest BCUT2D eigenvalue weighted by molar-refractivity contribution is -0.384. The molecule has 0 aliphatic carbocycles. The number of amides is 2. The first-order valence-corrected chi connectivity index (χ1v) is 10.2. The molecule has 0 saturated carbocycles. The van der Waals surface area contributed by atoms with Gasteiger partial charge < -0.3 is 0 Å². The first-order valence-electron chi connectivity index (χ1n) is 8.64. The van der Waals surface area contributed by atoms with Gasteiger partial charge in [-0.05, 0) is 29.8 Å². The normalized spacial score (nSPS) is 14.8. The summed E-state index contributed by atoms with van der Waals surface area (Å²) < 4.78 is 0.370. The Kier molecular flexibility index (Phi) is 7.03. The number of nitrogens with one attached hydrogen (secondary N) is 2. The van der Waals surface area contributed by atoms with Gasteiger partial charge in [0.2, 0.25) is 5.91 Å². The van der Waals surface area contributed by atoms with Crippen LogP contribution in [0.4, 0.5) is 11.4 Å². The summed E-state index contributed by atoms with van der Waals surface area (Å²) in [5.41, 5.74) is 6.30. The van der Waals surface area contributed by atoms with Crippen LogP contribution in [0.25, 0.3) is 6.08 Å². The van der Waals surface area contributed by atoms with Gasteiger partial charge in [-0.1, -0.05) is 53.8 Å². The van der Waals surface area contributed by atoms with Crippen molar-refractivity contribution in [2.75, 3.05) is 12.0 Å². The summed E-state index contributed by atoms with van der Waals surface area (Å²) in [7, 11) is 0. The predicted molar refractivity (Wildman–Crippen MR) is 121 cm³/mol. The van der Waals surface area contributed by atoms with Crippen LogP contribution in [0.2, 0.25) is 5.02 Å². The van der Waals surface area contributed by atoms with Gasteiger partial charge in [-0.2, -0.15) is 0 Å². The fraction of sp³-hybridized carbons (Fsp3) is 0.105. The zero-order chi connectivity index (χ0) is 21.7. The van der Waals surface area contributed by atoms with Gasteiger partial charge in [0.05, 0.1) is 15.5 Å². The number of nitrogens with zero attached hydrogens (tertiary/aromatic N) is 2. The average Bonchev–Trinajstić information content (AvgIpc) is 2.99. The highest BCUT2D eigenvalue weighted by Gasteiger charge is 2.32. The minimum atomic E-state index is -0.509. The monoisotopic (exact) mass is 462 g/mol. The van der Waals surface area contributed by atoms with Crippen LogP contribution in [-0.4, -0.2) is 32.5 Å². The number of benzene rings is 2. The topological polar surface area (TPSA) is 105 Å². The van der Waals surface area contributed by atoms with E-state index in [1.54, 1.807) is 24.3 Å². The van der Waals surface area contributed by atoms with Crippen LogP contribution in [0.1, 0.15) is 12.0 Å². The Labute approximate surface area is 186 Å². The molecule has 2 aromatic rings. The molecule has 0 atom stereocenters. The molecule has 8 nitrogen and oxygen atoms in total. The fourth-order valence-corrected chi connectivity index (χ4v) is 4.00. The van der Waals surface area contributed by atoms with Crippen molar-refractivity contribution in [2.24, 2.45) is 0 Å². The van der Waals surface area contributed by atoms with E-state index in [1.807, 2.05) is 6.07 Å². The van der Waals surface area contributed by atoms with E-state index in [4.69, 9.17) is 23.8 Å². The summed E-state index contributed by atoms with van der Waals surface area (Å²) in [5, 5.41) is 11.2. The van der Waals surface area contributed by atoms with Crippen LogP contribution in [-0.2, 0) is 9.59 Å². The van der Waals surface area contributed by atoms with Crippen molar-refractivity contribution in [2.45, 2.75) is 6.42 Å². The molecular weight excluding hydrogens is 448 g/mol. The number of nitro groups is 1. The second-order valence-electron chi connectivity index (χ2n) is 6.08. The van der Waals surface area contributed by atoms with E-state index in [-0.39, 0.29) is 30.5 Å². The molecule has 0 unspecified atom stereocenters. The van der Waals surface area contributed by atoms with Gasteiger partial charge in [-0.15, -0.1) is 0 Å². The highest BCUT2D eigenvalue weighted by Crippen LogP contribution is 2.33. The van der Waals surface area contributed by atoms with Crippen LogP contribution < -0.4 is 10.9 Å². The first kappa shape index (κ1) is 21.8. The van der Waals surface area contributed by atoms with Crippen molar-refractivity contribution in [3.63, 3.8) is 0 Å². The molecule has 154 valence electrons. The number of anilines is 1. The maximum atomic E-state index is 12.6. The smallest absolute Gasteiger partial charge is 0.269 e. The zero-order valence-corrected chi connectivity index (χ0v) is 17.7. The lowest BCUT2D eigenvalue weighted by atomic mass is 10.2. The summed E-state index contributed by atoms with van der Waals surface area (Å²) in [6, 6.07) is 12.7. The molecule has 3 rings (SSSR count). The molecule has 2 N–H and O–H groups in total. The SMILES string of the molecule is O=C(CCN1C(=O)/C(=C\c2ccccc2Cl)SC1=S)NNc1ccc([N+](=O)[O-])cc1. The number of thioether (sulfide) groups is 1. The third-order valence-electron chi connectivity index (χ3n) is 4.05. The van der Waals surface area contributed by atoms with Gasteiger partial charge in [0.25, 0.3) is 11.6 Å². The number of halogens is 1. The Bertz CT molecular complexity index is 1040. The summed E-state index contributed by atoms with van der Waals surface area (Å²) in [6.07, 6.45) is 1.70. The number of nitro benzene ring substituents is 1. The van der Waals surface area contributed by atoms with Crippen LogP contribution in [0.5, 0.6) is 0 Å². The van der Waals surface area contributed by atoms with Crippen LogP contribution in [0.3, 0.4) is 0 Å². The Balaban J connectivity index is 1.53. The third kappa shape index (κ3) is 5.35. The Hall–Kier alpha value is -2.95. The van der Waals surface area contributed by atoms with E-state index in [9.17, 15) is 19.7 Å². The van der Waals surface area contributed by atoms with E-state index in [1.165, 1.54) is 29.2 Å². The summed E-state index contributed by atoms with van der Waals surface area (Å²) >= 11 is 12.6.